The topological polar surface area (TPSA) is 84.5 Å². The van der Waals surface area contributed by atoms with Crippen molar-refractivity contribution in [3.8, 4) is 0 Å². The molecule has 0 spiro atoms. The zero-order valence-corrected chi connectivity index (χ0v) is 12.7. The Morgan fingerprint density at radius 2 is 1.95 bits per heavy atom. The molecule has 0 atom stereocenters. The summed E-state index contributed by atoms with van der Waals surface area (Å²) in [7, 11) is 0. The highest BCUT2D eigenvalue weighted by Crippen LogP contribution is 2.16. The van der Waals surface area contributed by atoms with Crippen molar-refractivity contribution in [2.75, 3.05) is 6.61 Å². The summed E-state index contributed by atoms with van der Waals surface area (Å²) in [5, 5.41) is 6.42. The van der Waals surface area contributed by atoms with Crippen molar-refractivity contribution in [2.24, 2.45) is 0 Å². The standard InChI is InChI=1S/C13H18N2O4S/c1-8-5-6-20-10(8)11(17)19-7-9(16)14-12(18)15-13(2,3)4/h5-6H,7H2,1-4H3,(H2,14,15,16,18). The Morgan fingerprint density at radius 3 is 2.45 bits per heavy atom. The van der Waals surface area contributed by atoms with Crippen molar-refractivity contribution in [1.82, 2.24) is 10.6 Å². The third kappa shape index (κ3) is 5.40. The van der Waals surface area contributed by atoms with Crippen molar-refractivity contribution in [1.29, 1.82) is 0 Å². The van der Waals surface area contributed by atoms with Crippen LogP contribution < -0.4 is 10.6 Å². The minimum atomic E-state index is -0.672. The van der Waals surface area contributed by atoms with Gasteiger partial charge in [0.1, 0.15) is 4.88 Å². The van der Waals surface area contributed by atoms with Crippen LogP contribution in [0.3, 0.4) is 0 Å². The lowest BCUT2D eigenvalue weighted by atomic mass is 10.1. The molecule has 0 aliphatic rings. The lowest BCUT2D eigenvalue weighted by Crippen LogP contribution is -2.49. The first-order valence-electron chi connectivity index (χ1n) is 6.02. The first-order chi connectivity index (χ1) is 9.19. The number of esters is 1. The fourth-order valence-electron chi connectivity index (χ4n) is 1.31. The number of imide groups is 1. The highest BCUT2D eigenvalue weighted by atomic mass is 32.1. The molecule has 0 unspecified atom stereocenters. The molecule has 0 saturated heterocycles. The smallest absolute Gasteiger partial charge is 0.349 e. The van der Waals surface area contributed by atoms with Gasteiger partial charge in [-0.1, -0.05) is 0 Å². The van der Waals surface area contributed by atoms with Crippen LogP contribution in [0, 0.1) is 6.92 Å². The fraction of sp³-hybridized carbons (Fsp3) is 0.462. The summed E-state index contributed by atoms with van der Waals surface area (Å²) in [5.41, 5.74) is 0.348. The van der Waals surface area contributed by atoms with Crippen LogP contribution in [0.2, 0.25) is 0 Å². The van der Waals surface area contributed by atoms with Crippen molar-refractivity contribution in [3.05, 3.63) is 21.9 Å². The molecule has 7 heteroatoms. The highest BCUT2D eigenvalue weighted by Gasteiger charge is 2.17. The maximum Gasteiger partial charge on any atom is 0.349 e. The van der Waals surface area contributed by atoms with Crippen molar-refractivity contribution < 1.29 is 19.1 Å². The van der Waals surface area contributed by atoms with E-state index in [0.717, 1.165) is 5.56 Å². The molecule has 110 valence electrons. The Labute approximate surface area is 121 Å². The molecule has 3 amide bonds. The minimum Gasteiger partial charge on any atom is -0.451 e. The van der Waals surface area contributed by atoms with Gasteiger partial charge in [-0.05, 0) is 44.7 Å². The fourth-order valence-corrected chi connectivity index (χ4v) is 2.13. The average Bonchev–Trinajstić information content (AvgIpc) is 2.69. The predicted molar refractivity (Wildman–Crippen MR) is 75.8 cm³/mol. The normalized spacial score (nSPS) is 10.8. The van der Waals surface area contributed by atoms with Crippen molar-refractivity contribution >= 4 is 29.2 Å². The number of carbonyl (C=O) groups is 3. The second-order valence-electron chi connectivity index (χ2n) is 5.26. The quantitative estimate of drug-likeness (QED) is 0.834. The third-order valence-corrected chi connectivity index (χ3v) is 3.12. The molecular weight excluding hydrogens is 280 g/mol. The van der Waals surface area contributed by atoms with Gasteiger partial charge in [0.25, 0.3) is 5.91 Å². The summed E-state index contributed by atoms with van der Waals surface area (Å²) in [6, 6.07) is 1.17. The molecule has 0 bridgehead atoms. The minimum absolute atomic E-state index is 0.449. The third-order valence-electron chi connectivity index (χ3n) is 2.12. The average molecular weight is 298 g/mol. The van der Waals surface area contributed by atoms with Gasteiger partial charge >= 0.3 is 12.0 Å². The molecule has 1 aromatic heterocycles. The monoisotopic (exact) mass is 298 g/mol. The number of amides is 3. The van der Waals surface area contributed by atoms with Gasteiger partial charge in [-0.3, -0.25) is 10.1 Å². The Morgan fingerprint density at radius 1 is 1.30 bits per heavy atom. The van der Waals surface area contributed by atoms with Crippen molar-refractivity contribution in [3.63, 3.8) is 0 Å². The Kier molecular flexibility index (Phi) is 5.26. The highest BCUT2D eigenvalue weighted by molar-refractivity contribution is 7.12. The lowest BCUT2D eigenvalue weighted by molar-refractivity contribution is -0.123. The summed E-state index contributed by atoms with van der Waals surface area (Å²) in [6.07, 6.45) is 0. The van der Waals surface area contributed by atoms with Gasteiger partial charge in [-0.2, -0.15) is 0 Å². The van der Waals surface area contributed by atoms with Gasteiger partial charge in [0.15, 0.2) is 6.61 Å². The molecule has 1 heterocycles. The number of aryl methyl sites for hydroxylation is 1. The number of carbonyl (C=O) groups excluding carboxylic acids is 3. The maximum atomic E-state index is 11.7. The molecule has 2 N–H and O–H groups in total. The number of rotatable bonds is 3. The van der Waals surface area contributed by atoms with E-state index in [1.54, 1.807) is 39.1 Å². The van der Waals surface area contributed by atoms with E-state index in [1.165, 1.54) is 11.3 Å². The number of thiophene rings is 1. The van der Waals surface area contributed by atoms with E-state index >= 15 is 0 Å². The first kappa shape index (κ1) is 16.2. The molecule has 6 nitrogen and oxygen atoms in total. The summed E-state index contributed by atoms with van der Waals surface area (Å²) in [4.78, 5) is 35.0. The Hall–Kier alpha value is -1.89. The van der Waals surface area contributed by atoms with Crippen LogP contribution >= 0.6 is 11.3 Å². The van der Waals surface area contributed by atoms with Crippen LogP contribution in [0.25, 0.3) is 0 Å². The molecule has 20 heavy (non-hydrogen) atoms. The largest absolute Gasteiger partial charge is 0.451 e. The maximum absolute atomic E-state index is 11.7. The Balaban J connectivity index is 2.39. The lowest BCUT2D eigenvalue weighted by Gasteiger charge is -2.20. The Bertz CT molecular complexity index is 517. The predicted octanol–water partition coefficient (Wildman–Crippen LogP) is 1.84. The number of nitrogens with one attached hydrogen (secondary N) is 2. The molecule has 0 aromatic carbocycles. The van der Waals surface area contributed by atoms with E-state index in [9.17, 15) is 14.4 Å². The zero-order valence-electron chi connectivity index (χ0n) is 11.9. The SMILES string of the molecule is Cc1ccsc1C(=O)OCC(=O)NC(=O)NC(C)(C)C. The van der Waals surface area contributed by atoms with Crippen LogP contribution in [-0.4, -0.2) is 30.1 Å². The summed E-state index contributed by atoms with van der Waals surface area (Å²) in [5.74, 6) is -1.24. The first-order valence-corrected chi connectivity index (χ1v) is 6.90. The molecule has 0 aliphatic carbocycles. The molecule has 1 rings (SSSR count). The van der Waals surface area contributed by atoms with E-state index in [2.05, 4.69) is 10.6 Å². The zero-order chi connectivity index (χ0) is 15.3. The van der Waals surface area contributed by atoms with Crippen LogP contribution in [0.1, 0.15) is 36.0 Å². The second kappa shape index (κ2) is 6.51. The molecule has 0 fully saturated rings. The van der Waals surface area contributed by atoms with E-state index in [-0.39, 0.29) is 0 Å². The van der Waals surface area contributed by atoms with Gasteiger partial charge in [0.05, 0.1) is 0 Å². The molecule has 0 saturated carbocycles. The van der Waals surface area contributed by atoms with Gasteiger partial charge in [0.2, 0.25) is 0 Å². The molecule has 1 aromatic rings. The number of ether oxygens (including phenoxy) is 1. The molecular formula is C13H18N2O4S. The number of urea groups is 1. The van der Waals surface area contributed by atoms with Crippen LogP contribution in [-0.2, 0) is 9.53 Å². The van der Waals surface area contributed by atoms with Gasteiger partial charge < -0.3 is 10.1 Å². The van der Waals surface area contributed by atoms with E-state index in [1.807, 2.05) is 0 Å². The molecule has 0 radical (unpaired) electrons. The molecule has 0 aliphatic heterocycles. The van der Waals surface area contributed by atoms with Crippen LogP contribution in [0.15, 0.2) is 11.4 Å². The van der Waals surface area contributed by atoms with Crippen LogP contribution in [0.4, 0.5) is 4.79 Å². The second-order valence-corrected chi connectivity index (χ2v) is 6.18. The number of hydrogen-bond acceptors (Lipinski definition) is 5. The summed E-state index contributed by atoms with van der Waals surface area (Å²) in [6.45, 7) is 6.65. The summed E-state index contributed by atoms with van der Waals surface area (Å²) < 4.78 is 4.84. The van der Waals surface area contributed by atoms with Gasteiger partial charge in [0, 0.05) is 5.54 Å². The van der Waals surface area contributed by atoms with E-state index < -0.39 is 30.1 Å². The van der Waals surface area contributed by atoms with E-state index in [0.29, 0.717) is 4.88 Å². The van der Waals surface area contributed by atoms with Gasteiger partial charge in [-0.25, -0.2) is 9.59 Å². The van der Waals surface area contributed by atoms with Crippen molar-refractivity contribution in [2.45, 2.75) is 33.2 Å². The van der Waals surface area contributed by atoms with Gasteiger partial charge in [-0.15, -0.1) is 11.3 Å². The van der Waals surface area contributed by atoms with Crippen LogP contribution in [0.5, 0.6) is 0 Å². The summed E-state index contributed by atoms with van der Waals surface area (Å²) >= 11 is 1.25. The van der Waals surface area contributed by atoms with E-state index in [4.69, 9.17) is 4.74 Å². The number of hydrogen-bond donors (Lipinski definition) is 2.